The maximum Gasteiger partial charge on any atom is 0.277 e. The van der Waals surface area contributed by atoms with Crippen LogP contribution in [-0.4, -0.2) is 4.92 Å². The van der Waals surface area contributed by atoms with Gasteiger partial charge in [0.1, 0.15) is 0 Å². The molecule has 0 saturated heterocycles. The van der Waals surface area contributed by atoms with Crippen LogP contribution in [0.2, 0.25) is 0 Å². The lowest BCUT2D eigenvalue weighted by Crippen LogP contribution is -1.86. The Hall–Kier alpha value is -0.740. The van der Waals surface area contributed by atoms with Gasteiger partial charge in [-0.1, -0.05) is 0 Å². The molecule has 1 rings (SSSR count). The summed E-state index contributed by atoms with van der Waals surface area (Å²) in [5.74, 6) is 0. The number of halogens is 1. The van der Waals surface area contributed by atoms with Gasteiger partial charge in [0, 0.05) is 11.0 Å². The van der Waals surface area contributed by atoms with Crippen LogP contribution < -0.4 is 0 Å². The number of benzene rings is 1. The summed E-state index contributed by atoms with van der Waals surface area (Å²) in [4.78, 5) is 10.4. The first kappa shape index (κ1) is 8.36. The standard InChI is InChI=1S/C6H3ClNO2S/c7-11-6-3-1-5(2-4-6)8(9)10/h1,3-4H. The van der Waals surface area contributed by atoms with Crippen molar-refractivity contribution in [1.82, 2.24) is 0 Å². The molecule has 0 aliphatic rings. The number of rotatable bonds is 2. The van der Waals surface area contributed by atoms with Crippen molar-refractivity contribution in [2.75, 3.05) is 0 Å². The predicted octanol–water partition coefficient (Wildman–Crippen LogP) is 2.64. The SMILES string of the molecule is O=[N+]([O-])c1[c]cc(SCl)cc1. The first-order chi connectivity index (χ1) is 5.24. The van der Waals surface area contributed by atoms with Gasteiger partial charge in [0.2, 0.25) is 0 Å². The Labute approximate surface area is 72.0 Å². The molecule has 0 bridgehead atoms. The Morgan fingerprint density at radius 1 is 1.64 bits per heavy atom. The minimum Gasteiger partial charge on any atom is -0.258 e. The Morgan fingerprint density at radius 3 is 2.73 bits per heavy atom. The van der Waals surface area contributed by atoms with E-state index in [9.17, 15) is 10.1 Å². The topological polar surface area (TPSA) is 43.1 Å². The van der Waals surface area contributed by atoms with E-state index < -0.39 is 4.92 Å². The summed E-state index contributed by atoms with van der Waals surface area (Å²) < 4.78 is 0. The van der Waals surface area contributed by atoms with Crippen LogP contribution in [-0.2, 0) is 0 Å². The van der Waals surface area contributed by atoms with Gasteiger partial charge in [-0.2, -0.15) is 0 Å². The molecule has 0 aliphatic heterocycles. The lowest BCUT2D eigenvalue weighted by Gasteiger charge is -1.91. The van der Waals surface area contributed by atoms with Gasteiger partial charge in [-0.05, 0) is 33.8 Å². The van der Waals surface area contributed by atoms with Crippen molar-refractivity contribution in [2.45, 2.75) is 4.90 Å². The Kier molecular flexibility index (Phi) is 2.73. The Bertz CT molecular complexity index is 262. The molecule has 57 valence electrons. The van der Waals surface area contributed by atoms with Crippen LogP contribution in [0.3, 0.4) is 0 Å². The smallest absolute Gasteiger partial charge is 0.258 e. The van der Waals surface area contributed by atoms with Crippen LogP contribution in [0.15, 0.2) is 23.1 Å². The molecule has 0 atom stereocenters. The fraction of sp³-hybridized carbons (Fsp3) is 0. The summed E-state index contributed by atoms with van der Waals surface area (Å²) in [5, 5.41) is 10.1. The van der Waals surface area contributed by atoms with E-state index >= 15 is 0 Å². The molecule has 1 radical (unpaired) electrons. The van der Waals surface area contributed by atoms with Gasteiger partial charge < -0.3 is 0 Å². The van der Waals surface area contributed by atoms with Crippen LogP contribution in [0, 0.1) is 16.2 Å². The summed E-state index contributed by atoms with van der Waals surface area (Å²) in [7, 11) is 6.39. The van der Waals surface area contributed by atoms with E-state index in [2.05, 4.69) is 6.07 Å². The Balaban J connectivity index is 2.91. The van der Waals surface area contributed by atoms with Crippen LogP contribution in [0.4, 0.5) is 5.69 Å². The molecular weight excluding hydrogens is 186 g/mol. The van der Waals surface area contributed by atoms with Gasteiger partial charge in [-0.25, -0.2) is 0 Å². The summed E-state index contributed by atoms with van der Waals surface area (Å²) in [5.41, 5.74) is -0.0422. The van der Waals surface area contributed by atoms with Gasteiger partial charge in [-0.3, -0.25) is 10.1 Å². The van der Waals surface area contributed by atoms with E-state index in [4.69, 9.17) is 10.7 Å². The van der Waals surface area contributed by atoms with Crippen molar-refractivity contribution in [2.24, 2.45) is 0 Å². The lowest BCUT2D eigenvalue weighted by atomic mass is 10.3. The average molecular weight is 189 g/mol. The first-order valence-corrected chi connectivity index (χ1v) is 4.33. The minimum atomic E-state index is -0.497. The zero-order valence-electron chi connectivity index (χ0n) is 5.28. The summed E-state index contributed by atoms with van der Waals surface area (Å²) in [6.07, 6.45) is 0. The fourth-order valence-electron chi connectivity index (χ4n) is 0.564. The van der Waals surface area contributed by atoms with Gasteiger partial charge in [0.15, 0.2) is 0 Å². The van der Waals surface area contributed by atoms with Crippen molar-refractivity contribution in [1.29, 1.82) is 0 Å². The van der Waals surface area contributed by atoms with Crippen LogP contribution >= 0.6 is 21.7 Å². The van der Waals surface area contributed by atoms with E-state index in [0.29, 0.717) is 0 Å². The van der Waals surface area contributed by atoms with Crippen LogP contribution in [0.5, 0.6) is 0 Å². The zero-order chi connectivity index (χ0) is 8.27. The third-order valence-corrected chi connectivity index (χ3v) is 2.02. The third-order valence-electron chi connectivity index (χ3n) is 1.05. The number of nitro groups is 1. The number of hydrogen-bond donors (Lipinski definition) is 0. The summed E-state index contributed by atoms with van der Waals surface area (Å²) >= 11 is 0. The van der Waals surface area contributed by atoms with Crippen molar-refractivity contribution in [3.63, 3.8) is 0 Å². The number of nitro benzene ring substituents is 1. The molecule has 0 fully saturated rings. The lowest BCUT2D eigenvalue weighted by molar-refractivity contribution is -0.385. The molecule has 0 aliphatic carbocycles. The van der Waals surface area contributed by atoms with Gasteiger partial charge in [0.05, 0.1) is 11.0 Å². The quantitative estimate of drug-likeness (QED) is 0.529. The summed E-state index contributed by atoms with van der Waals surface area (Å²) in [6, 6.07) is 6.91. The van der Waals surface area contributed by atoms with E-state index in [1.807, 2.05) is 0 Å². The molecule has 3 nitrogen and oxygen atoms in total. The summed E-state index contributed by atoms with van der Waals surface area (Å²) in [6.45, 7) is 0. The molecule has 0 amide bonds. The monoisotopic (exact) mass is 188 g/mol. The van der Waals surface area contributed by atoms with Crippen LogP contribution in [0.1, 0.15) is 0 Å². The second-order valence-electron chi connectivity index (χ2n) is 1.74. The fourth-order valence-corrected chi connectivity index (χ4v) is 1.07. The third kappa shape index (κ3) is 2.10. The molecule has 1 aromatic carbocycles. The van der Waals surface area contributed by atoms with Crippen molar-refractivity contribution in [3.05, 3.63) is 34.4 Å². The highest BCUT2D eigenvalue weighted by Crippen LogP contribution is 2.23. The molecule has 0 aromatic heterocycles. The highest BCUT2D eigenvalue weighted by Gasteiger charge is 2.03. The van der Waals surface area contributed by atoms with E-state index in [-0.39, 0.29) is 5.69 Å². The highest BCUT2D eigenvalue weighted by atomic mass is 35.7. The second kappa shape index (κ2) is 3.59. The second-order valence-corrected chi connectivity index (χ2v) is 2.83. The first-order valence-electron chi connectivity index (χ1n) is 2.69. The molecule has 0 N–H and O–H groups in total. The molecule has 0 heterocycles. The predicted molar refractivity (Wildman–Crippen MR) is 43.6 cm³/mol. The molecule has 0 unspecified atom stereocenters. The molecule has 1 aromatic rings. The number of hydrogen-bond acceptors (Lipinski definition) is 3. The molecule has 0 saturated carbocycles. The molecule has 11 heavy (non-hydrogen) atoms. The highest BCUT2D eigenvalue weighted by molar-refractivity contribution is 8.21. The molecule has 0 spiro atoms. The number of non-ortho nitro benzene ring substituents is 1. The minimum absolute atomic E-state index is 0.0422. The van der Waals surface area contributed by atoms with E-state index in [1.54, 1.807) is 6.07 Å². The Morgan fingerprint density at radius 2 is 2.36 bits per heavy atom. The van der Waals surface area contributed by atoms with Crippen LogP contribution in [0.25, 0.3) is 0 Å². The normalized spacial score (nSPS) is 9.55. The van der Waals surface area contributed by atoms with E-state index in [1.165, 1.54) is 12.1 Å². The maximum atomic E-state index is 10.1. The van der Waals surface area contributed by atoms with Crippen molar-refractivity contribution >= 4 is 27.3 Å². The number of nitrogens with zero attached hydrogens (tertiary/aromatic N) is 1. The van der Waals surface area contributed by atoms with Gasteiger partial charge in [-0.15, -0.1) is 0 Å². The largest absolute Gasteiger partial charge is 0.277 e. The average Bonchev–Trinajstić information content (AvgIpc) is 2.05. The van der Waals surface area contributed by atoms with E-state index in [0.717, 1.165) is 15.9 Å². The van der Waals surface area contributed by atoms with Gasteiger partial charge in [0.25, 0.3) is 5.69 Å². The maximum absolute atomic E-state index is 10.1. The van der Waals surface area contributed by atoms with Gasteiger partial charge >= 0.3 is 0 Å². The van der Waals surface area contributed by atoms with Crippen molar-refractivity contribution in [3.8, 4) is 0 Å². The molecular formula is C6H3ClNO2S. The van der Waals surface area contributed by atoms with Crippen molar-refractivity contribution < 1.29 is 4.92 Å². The zero-order valence-corrected chi connectivity index (χ0v) is 6.85. The molecule has 5 heteroatoms.